The standard InChI is InChI=1S/C12H18N2O3/c1-4-12(3,11(16)17)13-10(15)9-7-6-8-14(9)5-2/h6-8H,4-5H2,1-3H3,(H,13,15)(H,16,17). The van der Waals surface area contributed by atoms with Gasteiger partial charge >= 0.3 is 5.97 Å². The molecule has 94 valence electrons. The van der Waals surface area contributed by atoms with Crippen LogP contribution in [0.2, 0.25) is 0 Å². The highest BCUT2D eigenvalue weighted by molar-refractivity contribution is 5.96. The number of hydrogen-bond donors (Lipinski definition) is 2. The molecule has 5 heteroatoms. The number of aromatic nitrogens is 1. The van der Waals surface area contributed by atoms with Crippen molar-refractivity contribution in [2.45, 2.75) is 39.3 Å². The number of carbonyl (C=O) groups excluding carboxylic acids is 1. The third-order valence-electron chi connectivity index (χ3n) is 2.97. The third-order valence-corrected chi connectivity index (χ3v) is 2.97. The van der Waals surface area contributed by atoms with E-state index in [2.05, 4.69) is 5.32 Å². The number of hydrogen-bond acceptors (Lipinski definition) is 2. The fraction of sp³-hybridized carbons (Fsp3) is 0.500. The smallest absolute Gasteiger partial charge is 0.329 e. The lowest BCUT2D eigenvalue weighted by Crippen LogP contribution is -2.52. The van der Waals surface area contributed by atoms with Gasteiger partial charge in [0.25, 0.3) is 5.91 Å². The number of aliphatic carboxylic acids is 1. The van der Waals surface area contributed by atoms with Crippen LogP contribution in [0.5, 0.6) is 0 Å². The monoisotopic (exact) mass is 238 g/mol. The Labute approximate surface area is 100 Å². The van der Waals surface area contributed by atoms with Gasteiger partial charge in [-0.1, -0.05) is 6.92 Å². The molecule has 1 aromatic heterocycles. The molecule has 0 radical (unpaired) electrons. The van der Waals surface area contributed by atoms with Gasteiger partial charge in [-0.3, -0.25) is 4.79 Å². The van der Waals surface area contributed by atoms with Crippen LogP contribution in [0.25, 0.3) is 0 Å². The number of carboxylic acids is 1. The van der Waals surface area contributed by atoms with Crippen molar-refractivity contribution < 1.29 is 14.7 Å². The lowest BCUT2D eigenvalue weighted by atomic mass is 9.99. The van der Waals surface area contributed by atoms with Crippen molar-refractivity contribution in [1.29, 1.82) is 0 Å². The van der Waals surface area contributed by atoms with Crippen molar-refractivity contribution in [3.63, 3.8) is 0 Å². The van der Waals surface area contributed by atoms with Gasteiger partial charge in [-0.25, -0.2) is 4.79 Å². The molecule has 1 rings (SSSR count). The summed E-state index contributed by atoms with van der Waals surface area (Å²) < 4.78 is 1.77. The van der Waals surface area contributed by atoms with E-state index in [0.29, 0.717) is 18.7 Å². The Kier molecular flexibility index (Phi) is 3.93. The van der Waals surface area contributed by atoms with Crippen LogP contribution in [-0.2, 0) is 11.3 Å². The van der Waals surface area contributed by atoms with Gasteiger partial charge in [-0.05, 0) is 32.4 Å². The number of nitrogens with zero attached hydrogens (tertiary/aromatic N) is 1. The summed E-state index contributed by atoms with van der Waals surface area (Å²) in [7, 11) is 0. The van der Waals surface area contributed by atoms with Gasteiger partial charge in [0.15, 0.2) is 0 Å². The van der Waals surface area contributed by atoms with Gasteiger partial charge in [0.2, 0.25) is 0 Å². The van der Waals surface area contributed by atoms with Crippen molar-refractivity contribution in [2.24, 2.45) is 0 Å². The fourth-order valence-corrected chi connectivity index (χ4v) is 1.50. The van der Waals surface area contributed by atoms with E-state index in [0.717, 1.165) is 0 Å². The van der Waals surface area contributed by atoms with Crippen LogP contribution < -0.4 is 5.32 Å². The van der Waals surface area contributed by atoms with E-state index in [1.165, 1.54) is 6.92 Å². The Morgan fingerprint density at radius 3 is 2.59 bits per heavy atom. The quantitative estimate of drug-likeness (QED) is 0.816. The van der Waals surface area contributed by atoms with E-state index in [1.807, 2.05) is 6.92 Å². The molecule has 1 atom stereocenters. The van der Waals surface area contributed by atoms with E-state index in [4.69, 9.17) is 5.11 Å². The van der Waals surface area contributed by atoms with Crippen LogP contribution in [0.4, 0.5) is 0 Å². The molecule has 1 unspecified atom stereocenters. The molecule has 5 nitrogen and oxygen atoms in total. The second-order valence-electron chi connectivity index (χ2n) is 4.12. The molecular weight excluding hydrogens is 220 g/mol. The Morgan fingerprint density at radius 2 is 2.12 bits per heavy atom. The minimum absolute atomic E-state index is 0.334. The van der Waals surface area contributed by atoms with Crippen LogP contribution in [-0.4, -0.2) is 27.1 Å². The highest BCUT2D eigenvalue weighted by Crippen LogP contribution is 2.11. The van der Waals surface area contributed by atoms with Crippen LogP contribution >= 0.6 is 0 Å². The summed E-state index contributed by atoms with van der Waals surface area (Å²) >= 11 is 0. The number of carbonyl (C=O) groups is 2. The highest BCUT2D eigenvalue weighted by atomic mass is 16.4. The highest BCUT2D eigenvalue weighted by Gasteiger charge is 2.33. The SMILES string of the molecule is CCn1cccc1C(=O)NC(C)(CC)C(=O)O. The summed E-state index contributed by atoms with van der Waals surface area (Å²) in [4.78, 5) is 23.1. The normalized spacial score (nSPS) is 14.1. The molecule has 2 N–H and O–H groups in total. The van der Waals surface area contributed by atoms with Crippen molar-refractivity contribution in [2.75, 3.05) is 0 Å². The van der Waals surface area contributed by atoms with Crippen molar-refractivity contribution in [1.82, 2.24) is 9.88 Å². The Bertz CT molecular complexity index is 425. The lowest BCUT2D eigenvalue weighted by Gasteiger charge is -2.24. The molecule has 0 spiro atoms. The topological polar surface area (TPSA) is 71.3 Å². The summed E-state index contributed by atoms with van der Waals surface area (Å²) in [6.45, 7) is 5.83. The van der Waals surface area contributed by atoms with E-state index >= 15 is 0 Å². The first kappa shape index (κ1) is 13.3. The molecule has 0 aliphatic carbocycles. The molecular formula is C12H18N2O3. The maximum atomic E-state index is 12.0. The molecule has 0 saturated heterocycles. The summed E-state index contributed by atoms with van der Waals surface area (Å²) in [5, 5.41) is 11.6. The molecule has 0 aliphatic rings. The molecule has 0 aromatic carbocycles. The summed E-state index contributed by atoms with van der Waals surface area (Å²) in [6.07, 6.45) is 2.12. The number of amides is 1. The van der Waals surface area contributed by atoms with E-state index in [1.54, 1.807) is 29.8 Å². The van der Waals surface area contributed by atoms with Crippen LogP contribution in [0.15, 0.2) is 18.3 Å². The Balaban J connectivity index is 2.89. The second-order valence-corrected chi connectivity index (χ2v) is 4.12. The van der Waals surface area contributed by atoms with Crippen LogP contribution in [0, 0.1) is 0 Å². The first-order chi connectivity index (χ1) is 7.94. The zero-order valence-corrected chi connectivity index (χ0v) is 10.4. The van der Waals surface area contributed by atoms with Gasteiger partial charge in [-0.2, -0.15) is 0 Å². The summed E-state index contributed by atoms with van der Waals surface area (Å²) in [5.41, 5.74) is -0.742. The largest absolute Gasteiger partial charge is 0.480 e. The first-order valence-electron chi connectivity index (χ1n) is 5.65. The van der Waals surface area contributed by atoms with Gasteiger partial charge in [-0.15, -0.1) is 0 Å². The Hall–Kier alpha value is -1.78. The molecule has 0 bridgehead atoms. The zero-order chi connectivity index (χ0) is 13.1. The molecule has 1 amide bonds. The third kappa shape index (κ3) is 2.67. The Morgan fingerprint density at radius 1 is 1.47 bits per heavy atom. The maximum absolute atomic E-state index is 12.0. The number of aryl methyl sites for hydroxylation is 1. The lowest BCUT2D eigenvalue weighted by molar-refractivity contribution is -0.143. The number of nitrogens with one attached hydrogen (secondary N) is 1. The fourth-order valence-electron chi connectivity index (χ4n) is 1.50. The first-order valence-corrected chi connectivity index (χ1v) is 5.65. The minimum atomic E-state index is -1.22. The summed E-state index contributed by atoms with van der Waals surface area (Å²) in [6, 6.07) is 3.44. The van der Waals surface area contributed by atoms with Gasteiger partial charge < -0.3 is 15.0 Å². The molecule has 1 heterocycles. The van der Waals surface area contributed by atoms with Gasteiger partial charge in [0.05, 0.1) is 0 Å². The molecule has 1 aromatic rings. The van der Waals surface area contributed by atoms with Crippen LogP contribution in [0.1, 0.15) is 37.7 Å². The van der Waals surface area contributed by atoms with Crippen molar-refractivity contribution in [3.05, 3.63) is 24.0 Å². The zero-order valence-electron chi connectivity index (χ0n) is 10.4. The minimum Gasteiger partial charge on any atom is -0.480 e. The number of carboxylic acid groups (broad SMARTS) is 1. The van der Waals surface area contributed by atoms with Gasteiger partial charge in [0, 0.05) is 12.7 Å². The van der Waals surface area contributed by atoms with Gasteiger partial charge in [0.1, 0.15) is 11.2 Å². The average Bonchev–Trinajstić information content (AvgIpc) is 2.76. The average molecular weight is 238 g/mol. The predicted octanol–water partition coefficient (Wildman–Crippen LogP) is 1.49. The van der Waals surface area contributed by atoms with E-state index in [-0.39, 0.29) is 5.91 Å². The molecule has 17 heavy (non-hydrogen) atoms. The molecule has 0 fully saturated rings. The second kappa shape index (κ2) is 5.03. The molecule has 0 aliphatic heterocycles. The maximum Gasteiger partial charge on any atom is 0.329 e. The van der Waals surface area contributed by atoms with Crippen molar-refractivity contribution >= 4 is 11.9 Å². The van der Waals surface area contributed by atoms with Crippen molar-refractivity contribution in [3.8, 4) is 0 Å². The van der Waals surface area contributed by atoms with E-state index in [9.17, 15) is 9.59 Å². The molecule has 0 saturated carbocycles. The predicted molar refractivity (Wildman–Crippen MR) is 63.9 cm³/mol. The number of rotatable bonds is 5. The summed E-state index contributed by atoms with van der Waals surface area (Å²) in [5.74, 6) is -1.38. The van der Waals surface area contributed by atoms with E-state index < -0.39 is 11.5 Å². The van der Waals surface area contributed by atoms with Crippen LogP contribution in [0.3, 0.4) is 0 Å².